The lowest BCUT2D eigenvalue weighted by Crippen LogP contribution is -2.51. The number of hydrogen-bond acceptors (Lipinski definition) is 4. The first-order valence-corrected chi connectivity index (χ1v) is 9.63. The summed E-state index contributed by atoms with van der Waals surface area (Å²) in [6.07, 6.45) is 0.434. The Labute approximate surface area is 150 Å². The molecule has 24 heavy (non-hydrogen) atoms. The molecule has 0 aromatic heterocycles. The molecule has 1 aromatic rings. The zero-order chi connectivity index (χ0) is 17.5. The summed E-state index contributed by atoms with van der Waals surface area (Å²) in [6.45, 7) is 0.927. The van der Waals surface area contributed by atoms with E-state index in [1.165, 1.54) is 16.4 Å². The molecule has 3 rings (SSSR count). The minimum Gasteiger partial charge on any atom is -0.340 e. The number of nitrogens with zero attached hydrogens (tertiary/aromatic N) is 3. The van der Waals surface area contributed by atoms with Crippen LogP contribution < -0.4 is 0 Å². The van der Waals surface area contributed by atoms with Gasteiger partial charge < -0.3 is 4.90 Å². The highest BCUT2D eigenvalue weighted by Gasteiger charge is 2.57. The number of carbonyl (C=O) groups excluding carboxylic acids is 1. The molecular weight excluding hydrogens is 373 g/mol. The Morgan fingerprint density at radius 1 is 1.21 bits per heavy atom. The summed E-state index contributed by atoms with van der Waals surface area (Å²) in [7, 11) is -3.76. The van der Waals surface area contributed by atoms with Gasteiger partial charge in [0.25, 0.3) is 0 Å². The average molecular weight is 388 g/mol. The number of carbonyl (C=O) groups is 1. The van der Waals surface area contributed by atoms with E-state index < -0.39 is 20.3 Å². The molecule has 9 heteroatoms. The Balaban J connectivity index is 1.70. The van der Waals surface area contributed by atoms with Crippen LogP contribution in [-0.4, -0.2) is 54.0 Å². The van der Waals surface area contributed by atoms with Crippen molar-refractivity contribution < 1.29 is 13.2 Å². The Morgan fingerprint density at radius 3 is 2.33 bits per heavy atom. The van der Waals surface area contributed by atoms with Crippen molar-refractivity contribution in [3.8, 4) is 6.07 Å². The predicted molar refractivity (Wildman–Crippen MR) is 89.0 cm³/mol. The van der Waals surface area contributed by atoms with E-state index in [4.69, 9.17) is 28.5 Å². The van der Waals surface area contributed by atoms with Crippen molar-refractivity contribution in [2.75, 3.05) is 26.2 Å². The van der Waals surface area contributed by atoms with Gasteiger partial charge in [-0.25, -0.2) is 8.42 Å². The number of amides is 1. The standard InChI is InChI=1S/C15H15Cl2N3O3S/c16-15(17)9-12(15)14(21)19-5-7-20(8-6-19)24(22,23)13-4-2-1-3-11(13)10-18/h1-4,12H,5-9H2. The molecule has 2 aliphatic rings. The summed E-state index contributed by atoms with van der Waals surface area (Å²) < 4.78 is 25.8. The van der Waals surface area contributed by atoms with Gasteiger partial charge in [-0.1, -0.05) is 12.1 Å². The van der Waals surface area contributed by atoms with E-state index in [1.54, 1.807) is 17.0 Å². The third kappa shape index (κ3) is 3.11. The third-order valence-corrected chi connectivity index (χ3v) is 7.09. The van der Waals surface area contributed by atoms with Crippen LogP contribution in [0.25, 0.3) is 0 Å². The lowest BCUT2D eigenvalue weighted by Gasteiger charge is -2.34. The molecule has 2 fully saturated rings. The molecule has 1 amide bonds. The third-order valence-electron chi connectivity index (χ3n) is 4.30. The SMILES string of the molecule is N#Cc1ccccc1S(=O)(=O)N1CCN(C(=O)C2CC2(Cl)Cl)CC1. The second-order valence-electron chi connectivity index (χ2n) is 5.86. The Bertz CT molecular complexity index is 811. The van der Waals surface area contributed by atoms with Gasteiger partial charge in [-0.05, 0) is 18.6 Å². The molecule has 0 spiro atoms. The van der Waals surface area contributed by atoms with E-state index in [9.17, 15) is 13.2 Å². The number of nitriles is 1. The number of alkyl halides is 2. The van der Waals surface area contributed by atoms with Crippen molar-refractivity contribution >= 4 is 39.1 Å². The van der Waals surface area contributed by atoms with E-state index in [0.29, 0.717) is 6.42 Å². The minimum atomic E-state index is -3.76. The summed E-state index contributed by atoms with van der Waals surface area (Å²) in [5, 5.41) is 9.10. The van der Waals surface area contributed by atoms with E-state index in [0.717, 1.165) is 0 Å². The molecule has 6 nitrogen and oxygen atoms in total. The first-order chi connectivity index (χ1) is 11.3. The zero-order valence-electron chi connectivity index (χ0n) is 12.7. The van der Waals surface area contributed by atoms with Crippen LogP contribution in [0.1, 0.15) is 12.0 Å². The van der Waals surface area contributed by atoms with Gasteiger partial charge in [0.2, 0.25) is 15.9 Å². The molecule has 1 aliphatic heterocycles. The summed E-state index contributed by atoms with van der Waals surface area (Å²) in [4.78, 5) is 13.8. The molecule has 1 aromatic carbocycles. The smallest absolute Gasteiger partial charge is 0.244 e. The second-order valence-corrected chi connectivity index (χ2v) is 9.30. The fraction of sp³-hybridized carbons (Fsp3) is 0.467. The second kappa shape index (κ2) is 6.19. The van der Waals surface area contributed by atoms with Crippen LogP contribution in [0, 0.1) is 17.2 Å². The van der Waals surface area contributed by atoms with Crippen molar-refractivity contribution in [1.82, 2.24) is 9.21 Å². The first-order valence-electron chi connectivity index (χ1n) is 7.43. The van der Waals surface area contributed by atoms with Gasteiger partial charge >= 0.3 is 0 Å². The molecule has 1 unspecified atom stereocenters. The summed E-state index contributed by atoms with van der Waals surface area (Å²) in [5.41, 5.74) is 0.114. The maximum absolute atomic E-state index is 12.7. The molecular formula is C15H15Cl2N3O3S. The largest absolute Gasteiger partial charge is 0.340 e. The van der Waals surface area contributed by atoms with Crippen LogP contribution in [0.4, 0.5) is 0 Å². The fourth-order valence-corrected chi connectivity index (χ4v) is 4.83. The van der Waals surface area contributed by atoms with Gasteiger partial charge in [0.05, 0.1) is 16.4 Å². The van der Waals surface area contributed by atoms with E-state index >= 15 is 0 Å². The topological polar surface area (TPSA) is 81.5 Å². The number of halogens is 2. The van der Waals surface area contributed by atoms with Gasteiger partial charge in [0, 0.05) is 26.2 Å². The predicted octanol–water partition coefficient (Wildman–Crippen LogP) is 1.58. The highest BCUT2D eigenvalue weighted by molar-refractivity contribution is 7.89. The normalized spacial score (nSPS) is 23.5. The van der Waals surface area contributed by atoms with Crippen molar-refractivity contribution in [2.24, 2.45) is 5.92 Å². The Morgan fingerprint density at radius 2 is 1.79 bits per heavy atom. The highest BCUT2D eigenvalue weighted by Crippen LogP contribution is 2.53. The van der Waals surface area contributed by atoms with E-state index in [1.807, 2.05) is 6.07 Å². The summed E-state index contributed by atoms with van der Waals surface area (Å²) in [6, 6.07) is 8.00. The van der Waals surface area contributed by atoms with Crippen molar-refractivity contribution in [3.63, 3.8) is 0 Å². The Hall–Kier alpha value is -1.33. The fourth-order valence-electron chi connectivity index (χ4n) is 2.77. The molecule has 1 saturated heterocycles. The number of piperazine rings is 1. The van der Waals surface area contributed by atoms with Gasteiger partial charge in [0.1, 0.15) is 10.4 Å². The van der Waals surface area contributed by atoms with E-state index in [-0.39, 0.29) is 42.5 Å². The van der Waals surface area contributed by atoms with Crippen LogP contribution in [-0.2, 0) is 14.8 Å². The molecule has 128 valence electrons. The van der Waals surface area contributed by atoms with Gasteiger partial charge in [-0.15, -0.1) is 23.2 Å². The van der Waals surface area contributed by atoms with Crippen molar-refractivity contribution in [2.45, 2.75) is 15.6 Å². The van der Waals surface area contributed by atoms with Gasteiger partial charge in [-0.2, -0.15) is 9.57 Å². The van der Waals surface area contributed by atoms with Crippen molar-refractivity contribution in [3.05, 3.63) is 29.8 Å². The van der Waals surface area contributed by atoms with E-state index in [2.05, 4.69) is 0 Å². The van der Waals surface area contributed by atoms with Gasteiger partial charge in [-0.3, -0.25) is 4.79 Å². The molecule has 0 bridgehead atoms. The van der Waals surface area contributed by atoms with Crippen LogP contribution >= 0.6 is 23.2 Å². The lowest BCUT2D eigenvalue weighted by molar-refractivity contribution is -0.133. The molecule has 0 N–H and O–H groups in total. The maximum atomic E-state index is 12.7. The van der Waals surface area contributed by atoms with Crippen LogP contribution in [0.5, 0.6) is 0 Å². The number of hydrogen-bond donors (Lipinski definition) is 0. The first kappa shape index (κ1) is 17.5. The molecule has 1 aliphatic carbocycles. The molecule has 1 heterocycles. The van der Waals surface area contributed by atoms with Gasteiger partial charge in [0.15, 0.2) is 0 Å². The molecule has 1 atom stereocenters. The number of benzene rings is 1. The quantitative estimate of drug-likeness (QED) is 0.737. The summed E-state index contributed by atoms with van der Waals surface area (Å²) >= 11 is 11.8. The summed E-state index contributed by atoms with van der Waals surface area (Å²) in [5.74, 6) is -0.530. The number of sulfonamides is 1. The molecule has 0 radical (unpaired) electrons. The highest BCUT2D eigenvalue weighted by atomic mass is 35.5. The lowest BCUT2D eigenvalue weighted by atomic mass is 10.2. The monoisotopic (exact) mass is 387 g/mol. The average Bonchev–Trinajstić information content (AvgIpc) is 3.22. The molecule has 1 saturated carbocycles. The zero-order valence-corrected chi connectivity index (χ0v) is 15.0. The minimum absolute atomic E-state index is 0.00463. The Kier molecular flexibility index (Phi) is 4.51. The number of rotatable bonds is 3. The maximum Gasteiger partial charge on any atom is 0.244 e. The van der Waals surface area contributed by atoms with Crippen LogP contribution in [0.2, 0.25) is 0 Å². The van der Waals surface area contributed by atoms with Crippen LogP contribution in [0.3, 0.4) is 0 Å². The van der Waals surface area contributed by atoms with Crippen molar-refractivity contribution in [1.29, 1.82) is 5.26 Å². The van der Waals surface area contributed by atoms with Crippen LogP contribution in [0.15, 0.2) is 29.2 Å².